The summed E-state index contributed by atoms with van der Waals surface area (Å²) < 4.78 is 4.97. The SMILES string of the molecule is COCC(C)NC(=O)CN1CCC(C(C)=O)CC1. The van der Waals surface area contributed by atoms with Crippen LogP contribution in [-0.4, -0.2) is 56.0 Å². The van der Waals surface area contributed by atoms with Gasteiger partial charge in [-0.3, -0.25) is 14.5 Å². The lowest BCUT2D eigenvalue weighted by Crippen LogP contribution is -2.45. The largest absolute Gasteiger partial charge is 0.383 e. The maximum atomic E-state index is 11.7. The van der Waals surface area contributed by atoms with Crippen LogP contribution in [0.15, 0.2) is 0 Å². The third kappa shape index (κ3) is 5.14. The zero-order valence-electron chi connectivity index (χ0n) is 11.6. The summed E-state index contributed by atoms with van der Waals surface area (Å²) in [7, 11) is 1.62. The molecular formula is C13H24N2O3. The van der Waals surface area contributed by atoms with Gasteiger partial charge in [0.15, 0.2) is 0 Å². The minimum Gasteiger partial charge on any atom is -0.383 e. The number of amides is 1. The van der Waals surface area contributed by atoms with Gasteiger partial charge in [0.25, 0.3) is 0 Å². The van der Waals surface area contributed by atoms with Crippen LogP contribution in [0.1, 0.15) is 26.7 Å². The quantitative estimate of drug-likeness (QED) is 0.749. The minimum atomic E-state index is 0.0285. The molecule has 18 heavy (non-hydrogen) atoms. The van der Waals surface area contributed by atoms with Crippen molar-refractivity contribution in [2.45, 2.75) is 32.7 Å². The van der Waals surface area contributed by atoms with Crippen LogP contribution in [0.3, 0.4) is 0 Å². The highest BCUT2D eigenvalue weighted by molar-refractivity contribution is 5.79. The van der Waals surface area contributed by atoms with Gasteiger partial charge < -0.3 is 10.1 Å². The second-order valence-corrected chi connectivity index (χ2v) is 5.08. The van der Waals surface area contributed by atoms with E-state index in [9.17, 15) is 9.59 Å². The normalized spacial score (nSPS) is 19.5. The van der Waals surface area contributed by atoms with Crippen molar-refractivity contribution in [3.63, 3.8) is 0 Å². The molecule has 1 aliphatic heterocycles. The molecule has 1 saturated heterocycles. The first kappa shape index (κ1) is 15.1. The van der Waals surface area contributed by atoms with Crippen LogP contribution in [-0.2, 0) is 14.3 Å². The Morgan fingerprint density at radius 3 is 2.50 bits per heavy atom. The van der Waals surface area contributed by atoms with E-state index in [0.29, 0.717) is 13.2 Å². The number of rotatable bonds is 6. The van der Waals surface area contributed by atoms with Gasteiger partial charge in [0, 0.05) is 19.1 Å². The van der Waals surface area contributed by atoms with Crippen molar-refractivity contribution in [1.82, 2.24) is 10.2 Å². The fourth-order valence-corrected chi connectivity index (χ4v) is 2.31. The lowest BCUT2D eigenvalue weighted by Gasteiger charge is -2.30. The first-order valence-corrected chi connectivity index (χ1v) is 6.54. The highest BCUT2D eigenvalue weighted by atomic mass is 16.5. The van der Waals surface area contributed by atoms with E-state index in [-0.39, 0.29) is 23.7 Å². The molecule has 1 N–H and O–H groups in total. The summed E-state index contributed by atoms with van der Waals surface area (Å²) in [6.07, 6.45) is 1.74. The number of carbonyl (C=O) groups excluding carboxylic acids is 2. The number of nitrogens with zero attached hydrogens (tertiary/aromatic N) is 1. The number of ketones is 1. The lowest BCUT2D eigenvalue weighted by molar-refractivity contribution is -0.124. The topological polar surface area (TPSA) is 58.6 Å². The van der Waals surface area contributed by atoms with Gasteiger partial charge in [-0.25, -0.2) is 0 Å². The summed E-state index contributed by atoms with van der Waals surface area (Å²) in [5, 5.41) is 2.89. The van der Waals surface area contributed by atoms with Crippen LogP contribution in [0.25, 0.3) is 0 Å². The molecule has 0 aliphatic carbocycles. The first-order chi connectivity index (χ1) is 8.52. The number of nitrogens with one attached hydrogen (secondary N) is 1. The fraction of sp³-hybridized carbons (Fsp3) is 0.846. The zero-order valence-corrected chi connectivity index (χ0v) is 11.6. The molecule has 104 valence electrons. The molecule has 5 nitrogen and oxygen atoms in total. The Hall–Kier alpha value is -0.940. The molecular weight excluding hydrogens is 232 g/mol. The number of hydrogen-bond donors (Lipinski definition) is 1. The van der Waals surface area contributed by atoms with E-state index in [1.165, 1.54) is 0 Å². The predicted octanol–water partition coefficient (Wildman–Crippen LogP) is 0.438. The Labute approximate surface area is 109 Å². The molecule has 0 bridgehead atoms. The van der Waals surface area contributed by atoms with E-state index in [1.807, 2.05) is 6.92 Å². The molecule has 0 aromatic rings. The van der Waals surface area contributed by atoms with E-state index < -0.39 is 0 Å². The highest BCUT2D eigenvalue weighted by Gasteiger charge is 2.23. The Morgan fingerprint density at radius 1 is 1.39 bits per heavy atom. The summed E-state index contributed by atoms with van der Waals surface area (Å²) in [4.78, 5) is 25.1. The molecule has 0 aromatic heterocycles. The van der Waals surface area contributed by atoms with Gasteiger partial charge in [0.2, 0.25) is 5.91 Å². The first-order valence-electron chi connectivity index (χ1n) is 6.54. The van der Waals surface area contributed by atoms with Crippen molar-refractivity contribution in [1.29, 1.82) is 0 Å². The molecule has 0 saturated carbocycles. The second kappa shape index (κ2) is 7.48. The molecule has 0 aromatic carbocycles. The van der Waals surface area contributed by atoms with Gasteiger partial charge in [-0.05, 0) is 39.8 Å². The highest BCUT2D eigenvalue weighted by Crippen LogP contribution is 2.17. The molecule has 1 aliphatic rings. The van der Waals surface area contributed by atoms with E-state index in [4.69, 9.17) is 4.74 Å². The van der Waals surface area contributed by atoms with Crippen molar-refractivity contribution >= 4 is 11.7 Å². The van der Waals surface area contributed by atoms with Crippen LogP contribution in [0, 0.1) is 5.92 Å². The van der Waals surface area contributed by atoms with Gasteiger partial charge in [-0.15, -0.1) is 0 Å². The minimum absolute atomic E-state index is 0.0285. The molecule has 1 amide bonds. The summed E-state index contributed by atoms with van der Waals surface area (Å²) in [6, 6.07) is 0.0391. The summed E-state index contributed by atoms with van der Waals surface area (Å²) >= 11 is 0. The Bertz CT molecular complexity index is 286. The molecule has 1 unspecified atom stereocenters. The molecule has 5 heteroatoms. The van der Waals surface area contributed by atoms with Gasteiger partial charge in [-0.2, -0.15) is 0 Å². The number of piperidine rings is 1. The van der Waals surface area contributed by atoms with Crippen molar-refractivity contribution < 1.29 is 14.3 Å². The van der Waals surface area contributed by atoms with E-state index in [1.54, 1.807) is 14.0 Å². The van der Waals surface area contributed by atoms with Crippen LogP contribution < -0.4 is 5.32 Å². The molecule has 0 spiro atoms. The number of Topliss-reactive ketones (excluding diaryl/α,β-unsaturated/α-hetero) is 1. The molecule has 1 atom stereocenters. The molecule has 1 heterocycles. The summed E-state index contributed by atoms with van der Waals surface area (Å²) in [6.45, 7) is 6.17. The standard InChI is InChI=1S/C13H24N2O3/c1-10(9-18-3)14-13(17)8-15-6-4-12(5-7-15)11(2)16/h10,12H,4-9H2,1-3H3,(H,14,17). The molecule has 1 rings (SSSR count). The summed E-state index contributed by atoms with van der Waals surface area (Å²) in [5.41, 5.74) is 0. The Balaban J connectivity index is 2.24. The van der Waals surface area contributed by atoms with Gasteiger partial charge in [0.1, 0.15) is 5.78 Å². The van der Waals surface area contributed by atoms with Crippen molar-refractivity contribution in [3.05, 3.63) is 0 Å². The molecule has 0 radical (unpaired) electrons. The van der Waals surface area contributed by atoms with Crippen LogP contribution in [0.4, 0.5) is 0 Å². The maximum absolute atomic E-state index is 11.7. The smallest absolute Gasteiger partial charge is 0.234 e. The van der Waals surface area contributed by atoms with E-state index in [0.717, 1.165) is 25.9 Å². The number of carbonyl (C=O) groups is 2. The fourth-order valence-electron chi connectivity index (χ4n) is 2.31. The number of hydrogen-bond acceptors (Lipinski definition) is 4. The van der Waals surface area contributed by atoms with E-state index in [2.05, 4.69) is 10.2 Å². The van der Waals surface area contributed by atoms with Crippen LogP contribution >= 0.6 is 0 Å². The van der Waals surface area contributed by atoms with Crippen molar-refractivity contribution in [3.8, 4) is 0 Å². The Morgan fingerprint density at radius 2 is 2.00 bits per heavy atom. The third-order valence-electron chi connectivity index (χ3n) is 3.35. The predicted molar refractivity (Wildman–Crippen MR) is 69.3 cm³/mol. The van der Waals surface area contributed by atoms with Crippen LogP contribution in [0.5, 0.6) is 0 Å². The van der Waals surface area contributed by atoms with Crippen molar-refractivity contribution in [2.24, 2.45) is 5.92 Å². The molecule has 1 fully saturated rings. The number of ether oxygens (including phenoxy) is 1. The monoisotopic (exact) mass is 256 g/mol. The van der Waals surface area contributed by atoms with Gasteiger partial charge >= 0.3 is 0 Å². The summed E-state index contributed by atoms with van der Waals surface area (Å²) in [5.74, 6) is 0.491. The average Bonchev–Trinajstić information content (AvgIpc) is 2.29. The van der Waals surface area contributed by atoms with Crippen molar-refractivity contribution in [2.75, 3.05) is 33.4 Å². The van der Waals surface area contributed by atoms with E-state index >= 15 is 0 Å². The van der Waals surface area contributed by atoms with Gasteiger partial charge in [0.05, 0.1) is 13.2 Å². The van der Waals surface area contributed by atoms with Gasteiger partial charge in [-0.1, -0.05) is 0 Å². The Kier molecular flexibility index (Phi) is 6.29. The van der Waals surface area contributed by atoms with Crippen LogP contribution in [0.2, 0.25) is 0 Å². The number of methoxy groups -OCH3 is 1. The number of likely N-dealkylation sites (tertiary alicyclic amines) is 1. The third-order valence-corrected chi connectivity index (χ3v) is 3.35. The second-order valence-electron chi connectivity index (χ2n) is 5.08. The zero-order chi connectivity index (χ0) is 13.5. The maximum Gasteiger partial charge on any atom is 0.234 e. The lowest BCUT2D eigenvalue weighted by atomic mass is 9.93. The average molecular weight is 256 g/mol.